The maximum atomic E-state index is 8.69. The van der Waals surface area contributed by atoms with E-state index in [1.54, 1.807) is 7.11 Å². The smallest absolute Gasteiger partial charge is 0.161 e. The second-order valence-corrected chi connectivity index (χ2v) is 4.51. The highest BCUT2D eigenvalue weighted by atomic mass is 16.5. The van der Waals surface area contributed by atoms with Crippen molar-refractivity contribution < 1.29 is 14.7 Å². The first kappa shape index (κ1) is 13.7. The number of methoxy groups -OCH3 is 1. The largest absolute Gasteiger partial charge is 0.493 e. The predicted molar refractivity (Wildman–Crippen MR) is 73.4 cm³/mol. The topological polar surface area (TPSA) is 54.3 Å². The van der Waals surface area contributed by atoms with E-state index in [-0.39, 0.29) is 0 Å². The highest BCUT2D eigenvalue weighted by Gasteiger charge is 2.15. The fourth-order valence-corrected chi connectivity index (χ4v) is 2.16. The monoisotopic (exact) mass is 264 g/mol. The minimum absolute atomic E-state index is 0.631. The SMILES string of the molecule is COc1ccccc1OCCN1CCC(=NO)CC1. The molecule has 0 atom stereocenters. The molecule has 2 rings (SSSR count). The van der Waals surface area contributed by atoms with Crippen LogP contribution in [0.4, 0.5) is 0 Å². The molecule has 0 unspecified atom stereocenters. The summed E-state index contributed by atoms with van der Waals surface area (Å²) in [6.45, 7) is 3.35. The summed E-state index contributed by atoms with van der Waals surface area (Å²) in [6, 6.07) is 7.65. The van der Waals surface area contributed by atoms with Gasteiger partial charge in [0.1, 0.15) is 6.61 Å². The van der Waals surface area contributed by atoms with E-state index in [2.05, 4.69) is 10.1 Å². The van der Waals surface area contributed by atoms with Gasteiger partial charge in [-0.25, -0.2) is 0 Å². The van der Waals surface area contributed by atoms with E-state index in [4.69, 9.17) is 14.7 Å². The number of piperidine rings is 1. The molecule has 1 aliphatic heterocycles. The molecule has 1 aromatic carbocycles. The van der Waals surface area contributed by atoms with Gasteiger partial charge in [0.25, 0.3) is 0 Å². The summed E-state index contributed by atoms with van der Waals surface area (Å²) in [6.07, 6.45) is 1.68. The average Bonchev–Trinajstić information content (AvgIpc) is 2.48. The Balaban J connectivity index is 1.75. The predicted octanol–water partition coefficient (Wildman–Crippen LogP) is 2.00. The summed E-state index contributed by atoms with van der Waals surface area (Å²) in [5.74, 6) is 1.54. The van der Waals surface area contributed by atoms with Gasteiger partial charge in [-0.15, -0.1) is 0 Å². The number of benzene rings is 1. The van der Waals surface area contributed by atoms with Crippen molar-refractivity contribution in [1.82, 2.24) is 4.90 Å². The molecule has 1 heterocycles. The van der Waals surface area contributed by atoms with Crippen molar-refractivity contribution in [2.45, 2.75) is 12.8 Å². The number of ether oxygens (including phenoxy) is 2. The molecule has 19 heavy (non-hydrogen) atoms. The van der Waals surface area contributed by atoms with Crippen molar-refractivity contribution in [2.24, 2.45) is 5.16 Å². The molecule has 5 nitrogen and oxygen atoms in total. The molecule has 0 bridgehead atoms. The van der Waals surface area contributed by atoms with Crippen molar-refractivity contribution in [3.8, 4) is 11.5 Å². The van der Waals surface area contributed by atoms with Crippen LogP contribution in [-0.4, -0.2) is 49.2 Å². The van der Waals surface area contributed by atoms with Crippen molar-refractivity contribution in [3.05, 3.63) is 24.3 Å². The summed E-state index contributed by atoms with van der Waals surface area (Å²) in [7, 11) is 1.64. The lowest BCUT2D eigenvalue weighted by Gasteiger charge is -2.26. The first-order chi connectivity index (χ1) is 9.33. The third-order valence-corrected chi connectivity index (χ3v) is 3.31. The van der Waals surface area contributed by atoms with Gasteiger partial charge in [0.05, 0.1) is 12.8 Å². The number of oxime groups is 1. The van der Waals surface area contributed by atoms with Crippen molar-refractivity contribution >= 4 is 5.71 Å². The van der Waals surface area contributed by atoms with Gasteiger partial charge in [0, 0.05) is 32.5 Å². The van der Waals surface area contributed by atoms with Crippen LogP contribution in [0.5, 0.6) is 11.5 Å². The fourth-order valence-electron chi connectivity index (χ4n) is 2.16. The maximum Gasteiger partial charge on any atom is 0.161 e. The van der Waals surface area contributed by atoms with Crippen LogP contribution in [0.15, 0.2) is 29.4 Å². The molecule has 1 fully saturated rings. The lowest BCUT2D eigenvalue weighted by atomic mass is 10.1. The molecule has 5 heteroatoms. The van der Waals surface area contributed by atoms with Crippen LogP contribution in [0.25, 0.3) is 0 Å². The molecule has 0 amide bonds. The van der Waals surface area contributed by atoms with Gasteiger partial charge in [-0.05, 0) is 12.1 Å². The molecule has 1 N–H and O–H groups in total. The Morgan fingerprint density at radius 2 is 1.89 bits per heavy atom. The minimum atomic E-state index is 0.631. The number of rotatable bonds is 5. The van der Waals surface area contributed by atoms with E-state index in [1.807, 2.05) is 24.3 Å². The number of nitrogens with zero attached hydrogens (tertiary/aromatic N) is 2. The van der Waals surface area contributed by atoms with E-state index < -0.39 is 0 Å². The minimum Gasteiger partial charge on any atom is -0.493 e. The third-order valence-electron chi connectivity index (χ3n) is 3.31. The average molecular weight is 264 g/mol. The number of likely N-dealkylation sites (tertiary alicyclic amines) is 1. The second-order valence-electron chi connectivity index (χ2n) is 4.51. The van der Waals surface area contributed by atoms with Crippen LogP contribution in [0.1, 0.15) is 12.8 Å². The Morgan fingerprint density at radius 1 is 1.21 bits per heavy atom. The summed E-state index contributed by atoms with van der Waals surface area (Å²) < 4.78 is 11.0. The Labute approximate surface area is 113 Å². The molecule has 1 saturated heterocycles. The van der Waals surface area contributed by atoms with Crippen LogP contribution in [0, 0.1) is 0 Å². The third kappa shape index (κ3) is 3.86. The zero-order valence-corrected chi connectivity index (χ0v) is 11.2. The molecule has 0 radical (unpaired) electrons. The lowest BCUT2D eigenvalue weighted by Crippen LogP contribution is -2.36. The molecular formula is C14H20N2O3. The second kappa shape index (κ2) is 6.99. The van der Waals surface area contributed by atoms with Gasteiger partial charge in [0.2, 0.25) is 0 Å². The summed E-state index contributed by atoms with van der Waals surface area (Å²) in [5, 5.41) is 12.0. The van der Waals surface area contributed by atoms with Crippen LogP contribution in [0.2, 0.25) is 0 Å². The molecule has 0 aromatic heterocycles. The molecular weight excluding hydrogens is 244 g/mol. The van der Waals surface area contributed by atoms with Crippen molar-refractivity contribution in [2.75, 3.05) is 33.4 Å². The van der Waals surface area contributed by atoms with E-state index in [9.17, 15) is 0 Å². The normalized spacial score (nSPS) is 16.2. The van der Waals surface area contributed by atoms with Crippen molar-refractivity contribution in [3.63, 3.8) is 0 Å². The number of hydrogen-bond acceptors (Lipinski definition) is 5. The fraction of sp³-hybridized carbons (Fsp3) is 0.500. The Hall–Kier alpha value is -1.75. The highest BCUT2D eigenvalue weighted by Crippen LogP contribution is 2.25. The molecule has 0 aliphatic carbocycles. The Kier molecular flexibility index (Phi) is 5.03. The molecule has 104 valence electrons. The standard InChI is InChI=1S/C14H20N2O3/c1-18-13-4-2-3-5-14(13)19-11-10-16-8-6-12(15-17)7-9-16/h2-5,17H,6-11H2,1H3. The van der Waals surface area contributed by atoms with Gasteiger partial charge in [-0.1, -0.05) is 17.3 Å². The van der Waals surface area contributed by atoms with Crippen LogP contribution in [-0.2, 0) is 0 Å². The van der Waals surface area contributed by atoms with Crippen LogP contribution >= 0.6 is 0 Å². The van der Waals surface area contributed by atoms with E-state index in [0.29, 0.717) is 6.61 Å². The first-order valence-electron chi connectivity index (χ1n) is 6.51. The van der Waals surface area contributed by atoms with Crippen LogP contribution < -0.4 is 9.47 Å². The van der Waals surface area contributed by atoms with E-state index in [1.165, 1.54) is 0 Å². The highest BCUT2D eigenvalue weighted by molar-refractivity contribution is 5.84. The quantitative estimate of drug-likeness (QED) is 0.653. The first-order valence-corrected chi connectivity index (χ1v) is 6.51. The van der Waals surface area contributed by atoms with Crippen molar-refractivity contribution in [1.29, 1.82) is 0 Å². The van der Waals surface area contributed by atoms with Crippen LogP contribution in [0.3, 0.4) is 0 Å². The van der Waals surface area contributed by atoms with Gasteiger partial charge in [0.15, 0.2) is 11.5 Å². The van der Waals surface area contributed by atoms with Gasteiger partial charge < -0.3 is 14.7 Å². The summed E-state index contributed by atoms with van der Waals surface area (Å²) >= 11 is 0. The van der Waals surface area contributed by atoms with Gasteiger partial charge >= 0.3 is 0 Å². The van der Waals surface area contributed by atoms with E-state index >= 15 is 0 Å². The van der Waals surface area contributed by atoms with E-state index in [0.717, 1.165) is 49.7 Å². The number of para-hydroxylation sites is 2. The maximum absolute atomic E-state index is 8.69. The van der Waals surface area contributed by atoms with Gasteiger partial charge in [-0.2, -0.15) is 0 Å². The number of hydrogen-bond donors (Lipinski definition) is 1. The summed E-state index contributed by atoms with van der Waals surface area (Å²) in [5.41, 5.74) is 0.891. The summed E-state index contributed by atoms with van der Waals surface area (Å²) in [4.78, 5) is 2.31. The Morgan fingerprint density at radius 3 is 2.53 bits per heavy atom. The van der Waals surface area contributed by atoms with Gasteiger partial charge in [-0.3, -0.25) is 4.90 Å². The molecule has 1 aliphatic rings. The zero-order valence-electron chi connectivity index (χ0n) is 11.2. The molecule has 0 saturated carbocycles. The Bertz CT molecular complexity index is 424. The molecule has 0 spiro atoms. The zero-order chi connectivity index (χ0) is 13.5. The molecule has 1 aromatic rings. The lowest BCUT2D eigenvalue weighted by molar-refractivity contribution is 0.202.